The van der Waals surface area contributed by atoms with Crippen LogP contribution in [0.25, 0.3) is 0 Å². The molecular formula is C10H18F2IN3O. The minimum Gasteiger partial charge on any atom is -0.375 e. The molecule has 4 nitrogen and oxygen atoms in total. The molecule has 0 aromatic rings. The molecule has 0 bridgehead atoms. The Morgan fingerprint density at radius 2 is 2.12 bits per heavy atom. The Hall–Kier alpha value is -0.180. The van der Waals surface area contributed by atoms with Gasteiger partial charge in [-0.2, -0.15) is 0 Å². The zero-order valence-electron chi connectivity index (χ0n) is 9.73. The molecule has 2 N–H and O–H groups in total. The van der Waals surface area contributed by atoms with Crippen molar-refractivity contribution in [1.29, 1.82) is 0 Å². The number of halogens is 3. The highest BCUT2D eigenvalue weighted by molar-refractivity contribution is 14.0. The molecule has 0 amide bonds. The number of guanidine groups is 1. The van der Waals surface area contributed by atoms with Gasteiger partial charge in [0.05, 0.1) is 18.8 Å². The fourth-order valence-corrected chi connectivity index (χ4v) is 2.02. The number of ether oxygens (including phenoxy) is 1. The van der Waals surface area contributed by atoms with Gasteiger partial charge in [0.15, 0.2) is 5.96 Å². The quantitative estimate of drug-likeness (QED) is 0.437. The van der Waals surface area contributed by atoms with Crippen molar-refractivity contribution >= 4 is 29.9 Å². The lowest BCUT2D eigenvalue weighted by atomic mass is 9.89. The van der Waals surface area contributed by atoms with Gasteiger partial charge in [0.2, 0.25) is 0 Å². The van der Waals surface area contributed by atoms with Gasteiger partial charge < -0.3 is 15.4 Å². The van der Waals surface area contributed by atoms with E-state index in [4.69, 9.17) is 10.5 Å². The lowest BCUT2D eigenvalue weighted by Crippen LogP contribution is -2.49. The normalized spacial score (nSPS) is 29.5. The highest BCUT2D eigenvalue weighted by Gasteiger charge is 2.45. The van der Waals surface area contributed by atoms with Crippen LogP contribution in [0.5, 0.6) is 0 Å². The largest absolute Gasteiger partial charge is 0.375 e. The van der Waals surface area contributed by atoms with Crippen LogP contribution in [0.4, 0.5) is 8.78 Å². The standard InChI is InChI=1S/C10H17F2N3O.HI/c1-7-6-15(2-3-16-7)9(13)14-8-4-10(11,12)5-8;/h7-8H,2-6H2,1H3,(H2,13,14);1H. The van der Waals surface area contributed by atoms with Gasteiger partial charge in [0, 0.05) is 25.9 Å². The van der Waals surface area contributed by atoms with Crippen LogP contribution in [0.15, 0.2) is 4.99 Å². The first-order valence-corrected chi connectivity index (χ1v) is 5.54. The van der Waals surface area contributed by atoms with E-state index in [1.807, 2.05) is 11.8 Å². The number of nitrogens with zero attached hydrogens (tertiary/aromatic N) is 2. The van der Waals surface area contributed by atoms with Crippen LogP contribution in [-0.2, 0) is 4.74 Å². The summed E-state index contributed by atoms with van der Waals surface area (Å²) in [5, 5.41) is 0. The lowest BCUT2D eigenvalue weighted by molar-refractivity contribution is -0.0838. The van der Waals surface area contributed by atoms with Crippen LogP contribution >= 0.6 is 24.0 Å². The number of nitrogens with two attached hydrogens (primary N) is 1. The molecular weight excluding hydrogens is 343 g/mol. The molecule has 7 heteroatoms. The first kappa shape index (κ1) is 14.9. The van der Waals surface area contributed by atoms with Crippen molar-refractivity contribution in [1.82, 2.24) is 4.90 Å². The van der Waals surface area contributed by atoms with Crippen molar-refractivity contribution in [3.63, 3.8) is 0 Å². The molecule has 2 fully saturated rings. The molecule has 1 saturated heterocycles. The van der Waals surface area contributed by atoms with E-state index < -0.39 is 5.92 Å². The molecule has 1 saturated carbocycles. The smallest absolute Gasteiger partial charge is 0.252 e. The van der Waals surface area contributed by atoms with Gasteiger partial charge in [-0.15, -0.1) is 24.0 Å². The Labute approximate surface area is 117 Å². The van der Waals surface area contributed by atoms with Crippen molar-refractivity contribution in [2.45, 2.75) is 37.8 Å². The fraction of sp³-hybridized carbons (Fsp3) is 0.900. The molecule has 1 atom stereocenters. The highest BCUT2D eigenvalue weighted by Crippen LogP contribution is 2.39. The molecule has 2 rings (SSSR count). The molecule has 1 unspecified atom stereocenters. The predicted molar refractivity (Wildman–Crippen MR) is 72.0 cm³/mol. The first-order chi connectivity index (χ1) is 7.46. The number of aliphatic imine (C=N–C) groups is 1. The number of hydrogen-bond acceptors (Lipinski definition) is 2. The summed E-state index contributed by atoms with van der Waals surface area (Å²) >= 11 is 0. The van der Waals surface area contributed by atoms with Crippen LogP contribution in [0.2, 0.25) is 0 Å². The maximum Gasteiger partial charge on any atom is 0.252 e. The van der Waals surface area contributed by atoms with Crippen molar-refractivity contribution in [3.8, 4) is 0 Å². The van der Waals surface area contributed by atoms with Crippen molar-refractivity contribution < 1.29 is 13.5 Å². The summed E-state index contributed by atoms with van der Waals surface area (Å²) in [5.41, 5.74) is 5.79. The topological polar surface area (TPSA) is 50.8 Å². The second-order valence-electron chi connectivity index (χ2n) is 4.53. The van der Waals surface area contributed by atoms with E-state index in [9.17, 15) is 8.78 Å². The van der Waals surface area contributed by atoms with Gasteiger partial charge in [0.1, 0.15) is 0 Å². The zero-order valence-corrected chi connectivity index (χ0v) is 12.1. The summed E-state index contributed by atoms with van der Waals surface area (Å²) in [6.07, 6.45) is -0.230. The molecule has 1 heterocycles. The third-order valence-electron chi connectivity index (χ3n) is 2.95. The molecule has 17 heavy (non-hydrogen) atoms. The maximum atomic E-state index is 12.6. The van der Waals surface area contributed by atoms with Crippen LogP contribution in [0.3, 0.4) is 0 Å². The van der Waals surface area contributed by atoms with Gasteiger partial charge in [-0.3, -0.25) is 0 Å². The highest BCUT2D eigenvalue weighted by atomic mass is 127. The minimum absolute atomic E-state index is 0. The molecule has 0 aromatic carbocycles. The van der Waals surface area contributed by atoms with Gasteiger partial charge in [-0.05, 0) is 6.92 Å². The fourth-order valence-electron chi connectivity index (χ4n) is 2.02. The minimum atomic E-state index is -2.53. The van der Waals surface area contributed by atoms with E-state index in [0.29, 0.717) is 25.7 Å². The molecule has 0 radical (unpaired) electrons. The lowest BCUT2D eigenvalue weighted by Gasteiger charge is -2.35. The van der Waals surface area contributed by atoms with E-state index in [0.717, 1.165) is 0 Å². The van der Waals surface area contributed by atoms with Crippen LogP contribution in [-0.4, -0.2) is 48.6 Å². The first-order valence-electron chi connectivity index (χ1n) is 5.54. The third-order valence-corrected chi connectivity index (χ3v) is 2.95. The Morgan fingerprint density at radius 3 is 2.65 bits per heavy atom. The Morgan fingerprint density at radius 1 is 1.47 bits per heavy atom. The molecule has 1 aliphatic carbocycles. The maximum absolute atomic E-state index is 12.6. The summed E-state index contributed by atoms with van der Waals surface area (Å²) in [7, 11) is 0. The monoisotopic (exact) mass is 361 g/mol. The second-order valence-corrected chi connectivity index (χ2v) is 4.53. The molecule has 0 spiro atoms. The van der Waals surface area contributed by atoms with E-state index >= 15 is 0 Å². The van der Waals surface area contributed by atoms with E-state index in [1.54, 1.807) is 0 Å². The predicted octanol–water partition coefficient (Wildman–Crippen LogP) is 1.44. The summed E-state index contributed by atoms with van der Waals surface area (Å²) in [6, 6.07) is -0.312. The van der Waals surface area contributed by atoms with Crippen molar-refractivity contribution in [3.05, 3.63) is 0 Å². The van der Waals surface area contributed by atoms with Crippen LogP contribution < -0.4 is 5.73 Å². The summed E-state index contributed by atoms with van der Waals surface area (Å²) < 4.78 is 30.6. The zero-order chi connectivity index (χ0) is 11.8. The number of rotatable bonds is 1. The average Bonchev–Trinajstić information content (AvgIpc) is 2.14. The Bertz CT molecular complexity index is 293. The van der Waals surface area contributed by atoms with Crippen molar-refractivity contribution in [2.24, 2.45) is 10.7 Å². The van der Waals surface area contributed by atoms with Gasteiger partial charge in [-0.1, -0.05) is 0 Å². The SMILES string of the molecule is CC1CN(C(N)=NC2CC(F)(F)C2)CCO1.I. The molecule has 100 valence electrons. The van der Waals surface area contributed by atoms with Gasteiger partial charge in [-0.25, -0.2) is 13.8 Å². The van der Waals surface area contributed by atoms with Crippen molar-refractivity contribution in [2.75, 3.05) is 19.7 Å². The number of hydrogen-bond donors (Lipinski definition) is 1. The Kier molecular flexibility index (Phi) is 4.94. The molecule has 0 aromatic heterocycles. The number of alkyl halides is 2. The van der Waals surface area contributed by atoms with Gasteiger partial charge in [0.25, 0.3) is 5.92 Å². The summed E-state index contributed by atoms with van der Waals surface area (Å²) in [6.45, 7) is 3.93. The summed E-state index contributed by atoms with van der Waals surface area (Å²) in [5.74, 6) is -2.16. The summed E-state index contributed by atoms with van der Waals surface area (Å²) in [4.78, 5) is 6.01. The number of morpholine rings is 1. The van der Waals surface area contributed by atoms with Crippen LogP contribution in [0, 0.1) is 0 Å². The molecule has 2 aliphatic rings. The van der Waals surface area contributed by atoms with Gasteiger partial charge >= 0.3 is 0 Å². The van der Waals surface area contributed by atoms with Crippen LogP contribution in [0.1, 0.15) is 19.8 Å². The van der Waals surface area contributed by atoms with E-state index in [1.165, 1.54) is 0 Å². The second kappa shape index (κ2) is 5.64. The average molecular weight is 361 g/mol. The van der Waals surface area contributed by atoms with E-state index in [2.05, 4.69) is 4.99 Å². The Balaban J connectivity index is 0.00000144. The molecule has 1 aliphatic heterocycles. The third kappa shape index (κ3) is 3.90. The van der Waals surface area contributed by atoms with E-state index in [-0.39, 0.29) is 49.0 Å².